The first-order valence-corrected chi connectivity index (χ1v) is 11.5. The number of aryl methyl sites for hydroxylation is 1. The van der Waals surface area contributed by atoms with Gasteiger partial charge >= 0.3 is 6.18 Å². The molecule has 2 aliphatic heterocycles. The largest absolute Gasteiger partial charge is 0.433 e. The van der Waals surface area contributed by atoms with Gasteiger partial charge in [0, 0.05) is 59.9 Å². The summed E-state index contributed by atoms with van der Waals surface area (Å²) in [5.74, 6) is -0.603. The Labute approximate surface area is 205 Å². The molecule has 1 atom stereocenters. The molecule has 5 rings (SSSR count). The quantitative estimate of drug-likeness (QED) is 0.555. The number of aromatic nitrogens is 2. The molecule has 2 aromatic heterocycles. The summed E-state index contributed by atoms with van der Waals surface area (Å²) in [6, 6.07) is 9.36. The lowest BCUT2D eigenvalue weighted by Crippen LogP contribution is -2.42. The summed E-state index contributed by atoms with van der Waals surface area (Å²) in [5, 5.41) is 2.62. The van der Waals surface area contributed by atoms with Gasteiger partial charge in [-0.25, -0.2) is 0 Å². The van der Waals surface area contributed by atoms with Crippen LogP contribution in [-0.2, 0) is 10.9 Å². The van der Waals surface area contributed by atoms with Crippen molar-refractivity contribution in [2.75, 3.05) is 30.0 Å². The van der Waals surface area contributed by atoms with Crippen LogP contribution in [0.2, 0.25) is 0 Å². The second-order valence-corrected chi connectivity index (χ2v) is 8.85. The summed E-state index contributed by atoms with van der Waals surface area (Å²) >= 11 is 0. The van der Waals surface area contributed by atoms with Crippen LogP contribution >= 0.6 is 0 Å². The summed E-state index contributed by atoms with van der Waals surface area (Å²) in [6.45, 7) is 3.72. The van der Waals surface area contributed by atoms with E-state index < -0.39 is 17.8 Å². The van der Waals surface area contributed by atoms with E-state index in [2.05, 4.69) is 20.2 Å². The van der Waals surface area contributed by atoms with Gasteiger partial charge in [-0.05, 0) is 49.2 Å². The molecule has 1 saturated heterocycles. The molecule has 36 heavy (non-hydrogen) atoms. The number of hydrogen-bond donors (Lipinski definition) is 1. The predicted molar refractivity (Wildman–Crippen MR) is 127 cm³/mol. The van der Waals surface area contributed by atoms with Gasteiger partial charge in [0.05, 0.1) is 18.5 Å². The minimum absolute atomic E-state index is 0.0922. The van der Waals surface area contributed by atoms with E-state index in [9.17, 15) is 22.8 Å². The lowest BCUT2D eigenvalue weighted by molar-refractivity contribution is -0.141. The third-order valence-electron chi connectivity index (χ3n) is 6.51. The number of nitrogens with zero attached hydrogens (tertiary/aromatic N) is 3. The van der Waals surface area contributed by atoms with Crippen molar-refractivity contribution in [3.8, 4) is 11.1 Å². The highest BCUT2D eigenvalue weighted by atomic mass is 19.4. The normalized spacial score (nSPS) is 17.7. The number of alkyl halides is 3. The molecule has 4 heterocycles. The van der Waals surface area contributed by atoms with Crippen LogP contribution in [0, 0.1) is 6.92 Å². The van der Waals surface area contributed by atoms with Gasteiger partial charge in [0.25, 0.3) is 5.91 Å². The van der Waals surface area contributed by atoms with Crippen molar-refractivity contribution in [2.45, 2.75) is 32.0 Å². The first kappa shape index (κ1) is 23.9. The molecule has 186 valence electrons. The third kappa shape index (κ3) is 4.68. The highest BCUT2D eigenvalue weighted by Gasteiger charge is 2.34. The second kappa shape index (κ2) is 9.34. The van der Waals surface area contributed by atoms with Crippen LogP contribution in [-0.4, -0.2) is 47.5 Å². The SMILES string of the molecule is Cc1ncc(NC(=O)c2ccnc(C(F)(F)F)c2)cc1-c1ccc2c(c1)N1CCOCC[C@H]1CC2=O. The van der Waals surface area contributed by atoms with Crippen molar-refractivity contribution >= 4 is 23.1 Å². The Balaban J connectivity index is 1.45. The third-order valence-corrected chi connectivity index (χ3v) is 6.51. The number of nitrogens with one attached hydrogen (secondary N) is 1. The van der Waals surface area contributed by atoms with E-state index in [1.165, 1.54) is 12.3 Å². The summed E-state index contributed by atoms with van der Waals surface area (Å²) in [7, 11) is 0. The smallest absolute Gasteiger partial charge is 0.380 e. The van der Waals surface area contributed by atoms with Crippen LogP contribution in [0.1, 0.15) is 44.9 Å². The van der Waals surface area contributed by atoms with E-state index in [4.69, 9.17) is 4.74 Å². The van der Waals surface area contributed by atoms with E-state index in [1.54, 1.807) is 6.07 Å². The zero-order valence-corrected chi connectivity index (χ0v) is 19.4. The average Bonchev–Trinajstić information content (AvgIpc) is 3.10. The average molecular weight is 496 g/mol. The molecule has 3 aromatic rings. The van der Waals surface area contributed by atoms with Gasteiger partial charge in [-0.15, -0.1) is 0 Å². The van der Waals surface area contributed by atoms with Crippen LogP contribution < -0.4 is 10.2 Å². The molecule has 2 aliphatic rings. The maximum absolute atomic E-state index is 13.0. The summed E-state index contributed by atoms with van der Waals surface area (Å²) in [6.07, 6.45) is -1.01. The molecule has 1 amide bonds. The second-order valence-electron chi connectivity index (χ2n) is 8.85. The lowest BCUT2D eigenvalue weighted by atomic mass is 9.90. The number of pyridine rings is 2. The number of carbonyl (C=O) groups is 2. The van der Waals surface area contributed by atoms with Gasteiger partial charge in [0.2, 0.25) is 0 Å². The van der Waals surface area contributed by atoms with Crippen molar-refractivity contribution in [1.29, 1.82) is 0 Å². The summed E-state index contributed by atoms with van der Waals surface area (Å²) in [4.78, 5) is 35.3. The van der Waals surface area contributed by atoms with Crippen molar-refractivity contribution in [2.24, 2.45) is 0 Å². The molecule has 0 bridgehead atoms. The number of benzene rings is 1. The number of halogens is 3. The Morgan fingerprint density at radius 3 is 2.75 bits per heavy atom. The van der Waals surface area contributed by atoms with Crippen molar-refractivity contribution in [3.63, 3.8) is 0 Å². The number of hydrogen-bond acceptors (Lipinski definition) is 6. The summed E-state index contributed by atoms with van der Waals surface area (Å²) in [5.41, 5.74) is 2.81. The Hall–Kier alpha value is -3.79. The van der Waals surface area contributed by atoms with Gasteiger partial charge in [-0.2, -0.15) is 13.2 Å². The number of carbonyl (C=O) groups excluding carboxylic acids is 2. The van der Waals surface area contributed by atoms with Gasteiger partial charge in [-0.1, -0.05) is 6.07 Å². The van der Waals surface area contributed by atoms with E-state index in [0.717, 1.165) is 29.4 Å². The first-order valence-electron chi connectivity index (χ1n) is 11.5. The predicted octanol–water partition coefficient (Wildman–Crippen LogP) is 4.90. The topological polar surface area (TPSA) is 84.4 Å². The first-order chi connectivity index (χ1) is 17.2. The van der Waals surface area contributed by atoms with Crippen LogP contribution in [0.25, 0.3) is 11.1 Å². The van der Waals surface area contributed by atoms with E-state index in [0.29, 0.717) is 49.2 Å². The van der Waals surface area contributed by atoms with Crippen LogP contribution in [0.4, 0.5) is 24.5 Å². The molecule has 0 spiro atoms. The van der Waals surface area contributed by atoms with E-state index in [-0.39, 0.29) is 17.4 Å². The highest BCUT2D eigenvalue weighted by Crippen LogP contribution is 2.37. The maximum Gasteiger partial charge on any atom is 0.433 e. The zero-order chi connectivity index (χ0) is 25.4. The number of ether oxygens (including phenoxy) is 1. The number of ketones is 1. The zero-order valence-electron chi connectivity index (χ0n) is 19.4. The molecule has 7 nitrogen and oxygen atoms in total. The van der Waals surface area contributed by atoms with Gasteiger partial charge in [0.15, 0.2) is 5.78 Å². The molecule has 1 fully saturated rings. The minimum atomic E-state index is -4.65. The Kier molecular flexibility index (Phi) is 6.21. The standard InChI is InChI=1S/C26H23F3N4O3/c1-15-21(12-18(14-31-15)32-25(35)17-4-6-30-24(11-17)26(27,28)29)16-2-3-20-22(10-16)33-7-9-36-8-5-19(33)13-23(20)34/h2-4,6,10-12,14,19H,5,7-9,13H2,1H3,(H,32,35)/t19-/m0/s1. The van der Waals surface area contributed by atoms with Crippen molar-refractivity contribution < 1.29 is 27.5 Å². The lowest BCUT2D eigenvalue weighted by Gasteiger charge is -2.36. The fourth-order valence-electron chi connectivity index (χ4n) is 4.67. The fourth-order valence-corrected chi connectivity index (χ4v) is 4.67. The molecular weight excluding hydrogens is 473 g/mol. The number of Topliss-reactive ketones (excluding diaryl/α,β-unsaturated/α-hetero) is 1. The number of fused-ring (bicyclic) bond motifs is 3. The molecule has 10 heteroatoms. The van der Waals surface area contributed by atoms with E-state index in [1.807, 2.05) is 25.1 Å². The van der Waals surface area contributed by atoms with Crippen LogP contribution in [0.5, 0.6) is 0 Å². The molecule has 1 aromatic carbocycles. The molecule has 1 N–H and O–H groups in total. The van der Waals surface area contributed by atoms with Gasteiger partial charge < -0.3 is 15.0 Å². The molecule has 0 unspecified atom stereocenters. The Morgan fingerprint density at radius 2 is 1.94 bits per heavy atom. The Bertz CT molecular complexity index is 1340. The van der Waals surface area contributed by atoms with Crippen molar-refractivity contribution in [3.05, 3.63) is 71.3 Å². The van der Waals surface area contributed by atoms with Crippen molar-refractivity contribution in [1.82, 2.24) is 9.97 Å². The summed E-state index contributed by atoms with van der Waals surface area (Å²) < 4.78 is 44.6. The monoisotopic (exact) mass is 496 g/mol. The van der Waals surface area contributed by atoms with Crippen LogP contribution in [0.15, 0.2) is 48.8 Å². The van der Waals surface area contributed by atoms with Gasteiger partial charge in [-0.3, -0.25) is 19.6 Å². The molecule has 0 radical (unpaired) electrons. The highest BCUT2D eigenvalue weighted by molar-refractivity contribution is 6.05. The van der Waals surface area contributed by atoms with E-state index >= 15 is 0 Å². The minimum Gasteiger partial charge on any atom is -0.380 e. The Morgan fingerprint density at radius 1 is 1.11 bits per heavy atom. The van der Waals surface area contributed by atoms with Crippen LogP contribution in [0.3, 0.4) is 0 Å². The number of amides is 1. The van der Waals surface area contributed by atoms with Gasteiger partial charge in [0.1, 0.15) is 5.69 Å². The number of rotatable bonds is 3. The maximum atomic E-state index is 13.0. The molecule has 0 saturated carbocycles. The molecular formula is C26H23F3N4O3. The fraction of sp³-hybridized carbons (Fsp3) is 0.308. The number of anilines is 2. The molecule has 0 aliphatic carbocycles.